The number of hydrogen-bond acceptors (Lipinski definition) is 6. The zero-order chi connectivity index (χ0) is 17.1. The fourth-order valence-electron chi connectivity index (χ4n) is 3.19. The summed E-state index contributed by atoms with van der Waals surface area (Å²) in [4.78, 5) is 0. The van der Waals surface area contributed by atoms with Gasteiger partial charge in [0.05, 0.1) is 37.6 Å². The highest BCUT2D eigenvalue weighted by molar-refractivity contribution is 4.76. The molecule has 0 spiro atoms. The Hall–Kier alpha value is -0.240. The highest BCUT2D eigenvalue weighted by Gasteiger charge is 2.34. The number of aliphatic hydroxyl groups excluding tert-OH is 2. The monoisotopic (exact) mass is 332 g/mol. The summed E-state index contributed by atoms with van der Waals surface area (Å²) in [6.07, 6.45) is 2.31. The van der Waals surface area contributed by atoms with E-state index in [1.807, 2.05) is 27.7 Å². The molecule has 0 amide bonds. The fraction of sp³-hybridized carbons (Fsp3) is 1.00. The molecule has 23 heavy (non-hydrogen) atoms. The van der Waals surface area contributed by atoms with E-state index in [2.05, 4.69) is 0 Å². The van der Waals surface area contributed by atoms with Crippen LogP contribution in [-0.4, -0.2) is 59.4 Å². The van der Waals surface area contributed by atoms with Crippen molar-refractivity contribution in [1.82, 2.24) is 0 Å². The molecule has 2 saturated heterocycles. The van der Waals surface area contributed by atoms with Crippen LogP contribution >= 0.6 is 0 Å². The molecule has 0 aliphatic carbocycles. The molecule has 2 rings (SSSR count). The lowest BCUT2D eigenvalue weighted by molar-refractivity contribution is -0.141. The molecule has 6 heteroatoms. The van der Waals surface area contributed by atoms with Crippen LogP contribution in [0, 0.1) is 0 Å². The highest BCUT2D eigenvalue weighted by atomic mass is 16.7. The van der Waals surface area contributed by atoms with E-state index in [1.165, 1.54) is 0 Å². The van der Waals surface area contributed by atoms with Crippen molar-refractivity contribution in [2.24, 2.45) is 0 Å². The van der Waals surface area contributed by atoms with Gasteiger partial charge >= 0.3 is 0 Å². The zero-order valence-electron chi connectivity index (χ0n) is 14.8. The third-order valence-electron chi connectivity index (χ3n) is 4.28. The Bertz CT molecular complexity index is 336. The molecule has 2 aliphatic heterocycles. The Morgan fingerprint density at radius 2 is 1.22 bits per heavy atom. The molecule has 4 atom stereocenters. The van der Waals surface area contributed by atoms with Gasteiger partial charge in [-0.25, -0.2) is 0 Å². The van der Waals surface area contributed by atoms with Gasteiger partial charge in [-0.2, -0.15) is 0 Å². The van der Waals surface area contributed by atoms with E-state index in [-0.39, 0.29) is 12.2 Å². The fourth-order valence-corrected chi connectivity index (χ4v) is 3.19. The van der Waals surface area contributed by atoms with Crippen LogP contribution in [0.5, 0.6) is 0 Å². The minimum Gasteiger partial charge on any atom is -0.393 e. The Morgan fingerprint density at radius 1 is 0.826 bits per heavy atom. The summed E-state index contributed by atoms with van der Waals surface area (Å²) >= 11 is 0. The predicted molar refractivity (Wildman–Crippen MR) is 84.9 cm³/mol. The maximum Gasteiger partial charge on any atom is 0.163 e. The average molecular weight is 332 g/mol. The van der Waals surface area contributed by atoms with Crippen LogP contribution in [0.4, 0.5) is 0 Å². The van der Waals surface area contributed by atoms with Gasteiger partial charge in [0, 0.05) is 12.8 Å². The number of hydrogen-bond donors (Lipinski definition) is 2. The molecular formula is C17H32O6. The van der Waals surface area contributed by atoms with Crippen LogP contribution in [0.15, 0.2) is 0 Å². The molecular weight excluding hydrogens is 300 g/mol. The van der Waals surface area contributed by atoms with E-state index in [0.29, 0.717) is 38.9 Å². The summed E-state index contributed by atoms with van der Waals surface area (Å²) in [5.41, 5.74) is 0. The van der Waals surface area contributed by atoms with E-state index >= 15 is 0 Å². The molecule has 136 valence electrons. The summed E-state index contributed by atoms with van der Waals surface area (Å²) in [6, 6.07) is 0. The Morgan fingerprint density at radius 3 is 1.52 bits per heavy atom. The molecule has 0 unspecified atom stereocenters. The van der Waals surface area contributed by atoms with E-state index in [0.717, 1.165) is 6.42 Å². The Labute approximate surface area is 139 Å². The van der Waals surface area contributed by atoms with Gasteiger partial charge in [-0.1, -0.05) is 0 Å². The van der Waals surface area contributed by atoms with E-state index in [9.17, 15) is 10.2 Å². The van der Waals surface area contributed by atoms with Gasteiger partial charge < -0.3 is 29.2 Å². The predicted octanol–water partition coefficient (Wildman–Crippen LogP) is 1.96. The first-order valence-electron chi connectivity index (χ1n) is 8.65. The van der Waals surface area contributed by atoms with Gasteiger partial charge in [-0.3, -0.25) is 0 Å². The average Bonchev–Trinajstić information content (AvgIpc) is 2.91. The van der Waals surface area contributed by atoms with Gasteiger partial charge in [0.1, 0.15) is 0 Å². The normalized spacial score (nSPS) is 32.1. The Kier molecular flexibility index (Phi) is 6.44. The van der Waals surface area contributed by atoms with Crippen LogP contribution in [-0.2, 0) is 18.9 Å². The van der Waals surface area contributed by atoms with Crippen molar-refractivity contribution >= 4 is 0 Å². The summed E-state index contributed by atoms with van der Waals surface area (Å²) < 4.78 is 22.4. The molecule has 2 aliphatic rings. The second kappa shape index (κ2) is 7.76. The lowest BCUT2D eigenvalue weighted by atomic mass is 10.0. The van der Waals surface area contributed by atoms with Gasteiger partial charge in [0.25, 0.3) is 0 Å². The van der Waals surface area contributed by atoms with Crippen LogP contribution in [0.25, 0.3) is 0 Å². The van der Waals surface area contributed by atoms with E-state index in [1.54, 1.807) is 0 Å². The third kappa shape index (κ3) is 6.64. The molecule has 2 N–H and O–H groups in total. The van der Waals surface area contributed by atoms with Crippen molar-refractivity contribution in [3.8, 4) is 0 Å². The summed E-state index contributed by atoms with van der Waals surface area (Å²) in [6.45, 7) is 8.58. The molecule has 0 bridgehead atoms. The third-order valence-corrected chi connectivity index (χ3v) is 4.28. The van der Waals surface area contributed by atoms with Crippen molar-refractivity contribution < 1.29 is 29.2 Å². The first-order valence-corrected chi connectivity index (χ1v) is 8.65. The smallest absolute Gasteiger partial charge is 0.163 e. The molecule has 0 aromatic heterocycles. The van der Waals surface area contributed by atoms with Crippen molar-refractivity contribution in [1.29, 1.82) is 0 Å². The van der Waals surface area contributed by atoms with Crippen molar-refractivity contribution in [3.05, 3.63) is 0 Å². The van der Waals surface area contributed by atoms with Crippen molar-refractivity contribution in [3.63, 3.8) is 0 Å². The second-order valence-electron chi connectivity index (χ2n) is 7.61. The van der Waals surface area contributed by atoms with Crippen molar-refractivity contribution in [2.75, 3.05) is 13.2 Å². The molecule has 0 radical (unpaired) electrons. The molecule has 0 aromatic carbocycles. The molecule has 0 aromatic rings. The summed E-state index contributed by atoms with van der Waals surface area (Å²) in [5.74, 6) is -1.09. The van der Waals surface area contributed by atoms with Gasteiger partial charge in [0.2, 0.25) is 0 Å². The van der Waals surface area contributed by atoms with Gasteiger partial charge in [0.15, 0.2) is 11.6 Å². The summed E-state index contributed by atoms with van der Waals surface area (Å²) in [7, 11) is 0. The largest absolute Gasteiger partial charge is 0.393 e. The number of aliphatic hydroxyl groups is 2. The minimum atomic E-state index is -0.544. The molecule has 2 heterocycles. The molecule has 2 fully saturated rings. The van der Waals surface area contributed by atoms with Crippen LogP contribution < -0.4 is 0 Å². The second-order valence-corrected chi connectivity index (χ2v) is 7.61. The zero-order valence-corrected chi connectivity index (χ0v) is 14.8. The summed E-state index contributed by atoms with van der Waals surface area (Å²) in [5, 5.41) is 20.2. The maximum atomic E-state index is 10.1. The lowest BCUT2D eigenvalue weighted by Crippen LogP contribution is -2.25. The van der Waals surface area contributed by atoms with Crippen LogP contribution in [0.2, 0.25) is 0 Å². The first kappa shape index (κ1) is 19.1. The first-order chi connectivity index (χ1) is 10.7. The lowest BCUT2D eigenvalue weighted by Gasteiger charge is -2.20. The van der Waals surface area contributed by atoms with Crippen molar-refractivity contribution in [2.45, 2.75) is 95.8 Å². The topological polar surface area (TPSA) is 77.4 Å². The minimum absolute atomic E-state index is 0.0452. The van der Waals surface area contributed by atoms with E-state index < -0.39 is 23.8 Å². The highest BCUT2D eigenvalue weighted by Crippen LogP contribution is 2.27. The van der Waals surface area contributed by atoms with E-state index in [4.69, 9.17) is 18.9 Å². The van der Waals surface area contributed by atoms with Gasteiger partial charge in [-0.15, -0.1) is 0 Å². The number of ether oxygens (including phenoxy) is 4. The quantitative estimate of drug-likeness (QED) is 0.707. The number of rotatable bonds is 8. The van der Waals surface area contributed by atoms with Crippen LogP contribution in [0.3, 0.4) is 0 Å². The van der Waals surface area contributed by atoms with Gasteiger partial charge in [-0.05, 0) is 47.0 Å². The standard InChI is InChI=1S/C17H32O6/c1-16(2)20-10-14(22-16)8-12(18)6-5-7-13(19)9-15-11-21-17(3,4)23-15/h12-15,18-19H,5-11H2,1-4H3/t12-,13-,14+,15+/m0/s1. The molecule has 6 nitrogen and oxygen atoms in total. The molecule has 0 saturated carbocycles. The Balaban J connectivity index is 1.56. The van der Waals surface area contributed by atoms with Crippen LogP contribution in [0.1, 0.15) is 59.8 Å². The SMILES string of the molecule is CC1(C)OC[C@@H](C[C@@H](O)CCC[C@H](O)C[C@@H]2COC(C)(C)O2)O1. The maximum absolute atomic E-state index is 10.1.